The molecule has 0 rings (SSSR count). The van der Waals surface area contributed by atoms with Crippen LogP contribution in [-0.4, -0.2) is 32.2 Å². The Kier molecular flexibility index (Phi) is 4.94. The first-order valence-electron chi connectivity index (χ1n) is 2.91. The largest absolute Gasteiger partial charge is 0.385 e. The summed E-state index contributed by atoms with van der Waals surface area (Å²) in [6.45, 7) is 1.51. The van der Waals surface area contributed by atoms with E-state index < -0.39 is 0 Å². The van der Waals surface area contributed by atoms with Gasteiger partial charge in [-0.2, -0.15) is 5.26 Å². The Hall–Kier alpha value is -0.750. The zero-order chi connectivity index (χ0) is 7.11. The maximum atomic E-state index is 8.27. The second kappa shape index (κ2) is 5.39. The van der Waals surface area contributed by atoms with E-state index in [0.29, 0.717) is 0 Å². The Morgan fingerprint density at radius 1 is 1.67 bits per heavy atom. The molecular formula is C6H12N2O. The van der Waals surface area contributed by atoms with Gasteiger partial charge in [-0.1, -0.05) is 0 Å². The molecule has 0 aromatic rings. The molecule has 3 heteroatoms. The van der Waals surface area contributed by atoms with Crippen LogP contribution >= 0.6 is 0 Å². The summed E-state index contributed by atoms with van der Waals surface area (Å²) in [5, 5.41) is 8.27. The lowest BCUT2D eigenvalue weighted by Crippen LogP contribution is -2.13. The molecule has 0 unspecified atom stereocenters. The molecule has 0 radical (unpaired) electrons. The van der Waals surface area contributed by atoms with Crippen molar-refractivity contribution in [2.45, 2.75) is 6.42 Å². The maximum Gasteiger partial charge on any atom is 0.179 e. The topological polar surface area (TPSA) is 36.3 Å². The van der Waals surface area contributed by atoms with Crippen molar-refractivity contribution in [3.63, 3.8) is 0 Å². The van der Waals surface area contributed by atoms with Crippen LogP contribution in [-0.2, 0) is 4.74 Å². The number of methoxy groups -OCH3 is 1. The fourth-order valence-electron chi connectivity index (χ4n) is 0.496. The Morgan fingerprint density at radius 3 is 2.78 bits per heavy atom. The van der Waals surface area contributed by atoms with Crippen molar-refractivity contribution in [2.75, 3.05) is 27.3 Å². The first kappa shape index (κ1) is 8.25. The summed E-state index contributed by atoms with van der Waals surface area (Å²) in [5.41, 5.74) is 0. The van der Waals surface area contributed by atoms with E-state index in [9.17, 15) is 0 Å². The molecule has 0 aliphatic carbocycles. The van der Waals surface area contributed by atoms with E-state index in [2.05, 4.69) is 0 Å². The molecule has 0 N–H and O–H groups in total. The average Bonchev–Trinajstić information content (AvgIpc) is 1.89. The van der Waals surface area contributed by atoms with Crippen LogP contribution in [0.3, 0.4) is 0 Å². The van der Waals surface area contributed by atoms with Crippen molar-refractivity contribution in [1.82, 2.24) is 4.90 Å². The molecule has 3 nitrogen and oxygen atoms in total. The third-order valence-electron chi connectivity index (χ3n) is 1.01. The van der Waals surface area contributed by atoms with Crippen molar-refractivity contribution in [2.24, 2.45) is 0 Å². The molecule has 9 heavy (non-hydrogen) atoms. The van der Waals surface area contributed by atoms with Gasteiger partial charge in [-0.05, 0) is 6.42 Å². The van der Waals surface area contributed by atoms with Crippen molar-refractivity contribution < 1.29 is 4.74 Å². The van der Waals surface area contributed by atoms with E-state index in [1.807, 2.05) is 6.19 Å². The summed E-state index contributed by atoms with van der Waals surface area (Å²) < 4.78 is 4.80. The van der Waals surface area contributed by atoms with Crippen LogP contribution in [0.2, 0.25) is 0 Å². The zero-order valence-corrected chi connectivity index (χ0v) is 5.92. The van der Waals surface area contributed by atoms with Crippen LogP contribution in [0.15, 0.2) is 0 Å². The minimum Gasteiger partial charge on any atom is -0.385 e. The Morgan fingerprint density at radius 2 is 2.33 bits per heavy atom. The van der Waals surface area contributed by atoms with E-state index in [1.54, 1.807) is 19.1 Å². The van der Waals surface area contributed by atoms with Crippen LogP contribution in [0, 0.1) is 11.5 Å². The van der Waals surface area contributed by atoms with Gasteiger partial charge in [-0.25, -0.2) is 0 Å². The van der Waals surface area contributed by atoms with Crippen molar-refractivity contribution in [3.8, 4) is 6.19 Å². The third kappa shape index (κ3) is 5.12. The van der Waals surface area contributed by atoms with Gasteiger partial charge in [0.2, 0.25) is 0 Å². The highest BCUT2D eigenvalue weighted by molar-refractivity contribution is 4.67. The van der Waals surface area contributed by atoms with E-state index >= 15 is 0 Å². The lowest BCUT2D eigenvalue weighted by atomic mass is 10.4. The highest BCUT2D eigenvalue weighted by atomic mass is 16.5. The van der Waals surface area contributed by atoms with Crippen LogP contribution in [0.5, 0.6) is 0 Å². The second-order valence-electron chi connectivity index (χ2n) is 1.87. The Bertz CT molecular complexity index is 97.7. The number of rotatable bonds is 4. The monoisotopic (exact) mass is 128 g/mol. The summed E-state index contributed by atoms with van der Waals surface area (Å²) >= 11 is 0. The fraction of sp³-hybridized carbons (Fsp3) is 0.833. The molecule has 0 aromatic carbocycles. The van der Waals surface area contributed by atoms with E-state index in [-0.39, 0.29) is 0 Å². The molecule has 0 heterocycles. The normalized spacial score (nSPS) is 8.56. The first-order chi connectivity index (χ1) is 4.31. The summed E-state index contributed by atoms with van der Waals surface area (Å²) in [6.07, 6.45) is 2.92. The summed E-state index contributed by atoms with van der Waals surface area (Å²) in [6, 6.07) is 0. The molecule has 0 bridgehead atoms. The standard InChI is InChI=1S/C6H12N2O/c1-8(6-7)4-3-5-9-2/h3-5H2,1-2H3. The molecule has 0 aliphatic rings. The first-order valence-corrected chi connectivity index (χ1v) is 2.91. The van der Waals surface area contributed by atoms with Crippen LogP contribution in [0.1, 0.15) is 6.42 Å². The highest BCUT2D eigenvalue weighted by Crippen LogP contribution is 1.83. The molecule has 52 valence electrons. The van der Waals surface area contributed by atoms with E-state index in [1.165, 1.54) is 0 Å². The Balaban J connectivity index is 2.99. The second-order valence-corrected chi connectivity index (χ2v) is 1.87. The molecule has 0 amide bonds. The van der Waals surface area contributed by atoms with Crippen LogP contribution < -0.4 is 0 Å². The summed E-state index contributed by atoms with van der Waals surface area (Å²) in [7, 11) is 3.42. The van der Waals surface area contributed by atoms with Crippen LogP contribution in [0.4, 0.5) is 0 Å². The third-order valence-corrected chi connectivity index (χ3v) is 1.01. The zero-order valence-electron chi connectivity index (χ0n) is 5.92. The molecule has 0 spiro atoms. The molecule has 0 atom stereocenters. The van der Waals surface area contributed by atoms with Crippen LogP contribution in [0.25, 0.3) is 0 Å². The van der Waals surface area contributed by atoms with Gasteiger partial charge in [0.1, 0.15) is 0 Å². The lowest BCUT2D eigenvalue weighted by molar-refractivity contribution is 0.187. The molecule has 0 fully saturated rings. The minimum absolute atomic E-state index is 0.728. The average molecular weight is 128 g/mol. The van der Waals surface area contributed by atoms with E-state index in [0.717, 1.165) is 19.6 Å². The number of ether oxygens (including phenoxy) is 1. The van der Waals surface area contributed by atoms with Crippen molar-refractivity contribution >= 4 is 0 Å². The quantitative estimate of drug-likeness (QED) is 0.313. The number of nitriles is 1. The van der Waals surface area contributed by atoms with Gasteiger partial charge in [0, 0.05) is 27.3 Å². The van der Waals surface area contributed by atoms with Gasteiger partial charge in [-0.15, -0.1) is 0 Å². The van der Waals surface area contributed by atoms with Gasteiger partial charge >= 0.3 is 0 Å². The minimum atomic E-state index is 0.728. The van der Waals surface area contributed by atoms with Gasteiger partial charge in [0.25, 0.3) is 0 Å². The van der Waals surface area contributed by atoms with Crippen molar-refractivity contribution in [1.29, 1.82) is 5.26 Å². The highest BCUT2D eigenvalue weighted by Gasteiger charge is 1.90. The molecule has 0 saturated carbocycles. The molecule has 0 saturated heterocycles. The number of nitrogens with zero attached hydrogens (tertiary/aromatic N) is 2. The molecule has 0 aliphatic heterocycles. The number of hydrogen-bond acceptors (Lipinski definition) is 3. The van der Waals surface area contributed by atoms with Gasteiger partial charge in [-0.3, -0.25) is 0 Å². The van der Waals surface area contributed by atoms with Gasteiger partial charge in [0.15, 0.2) is 6.19 Å². The summed E-state index contributed by atoms with van der Waals surface area (Å²) in [4.78, 5) is 1.58. The van der Waals surface area contributed by atoms with Crippen molar-refractivity contribution in [3.05, 3.63) is 0 Å². The molecule has 0 aromatic heterocycles. The molecular weight excluding hydrogens is 116 g/mol. The van der Waals surface area contributed by atoms with E-state index in [4.69, 9.17) is 10.00 Å². The van der Waals surface area contributed by atoms with Gasteiger partial charge < -0.3 is 9.64 Å². The summed E-state index contributed by atoms with van der Waals surface area (Å²) in [5.74, 6) is 0. The lowest BCUT2D eigenvalue weighted by Gasteiger charge is -2.06. The number of hydrogen-bond donors (Lipinski definition) is 0. The Labute approximate surface area is 55.8 Å². The predicted molar refractivity (Wildman–Crippen MR) is 34.7 cm³/mol. The SMILES string of the molecule is COCCCN(C)C#N. The van der Waals surface area contributed by atoms with Gasteiger partial charge in [0.05, 0.1) is 0 Å². The maximum absolute atomic E-state index is 8.27. The fourth-order valence-corrected chi connectivity index (χ4v) is 0.496. The predicted octanol–water partition coefficient (Wildman–Crippen LogP) is 0.436. The smallest absolute Gasteiger partial charge is 0.179 e.